The van der Waals surface area contributed by atoms with Gasteiger partial charge in [0.15, 0.2) is 0 Å². The second-order valence-electron chi connectivity index (χ2n) is 5.09. The average Bonchev–Trinajstić information content (AvgIpc) is 2.60. The lowest BCUT2D eigenvalue weighted by Gasteiger charge is -2.21. The molecule has 2 aromatic carbocycles. The lowest BCUT2D eigenvalue weighted by molar-refractivity contribution is 0.0740. The van der Waals surface area contributed by atoms with Crippen molar-refractivity contribution in [3.8, 4) is 5.75 Å². The number of carbonyl (C=O) groups excluding carboxylic acids is 1. The monoisotopic (exact) mass is 412 g/mol. The molecule has 1 amide bonds. The van der Waals surface area contributed by atoms with Crippen LogP contribution in [0.25, 0.3) is 0 Å². The van der Waals surface area contributed by atoms with E-state index in [0.717, 1.165) is 15.8 Å². The Morgan fingerprint density at radius 2 is 1.75 bits per heavy atom. The van der Waals surface area contributed by atoms with E-state index in [1.54, 1.807) is 4.90 Å². The van der Waals surface area contributed by atoms with E-state index in [1.165, 1.54) is 0 Å². The Balaban J connectivity index is 0.00000288. The van der Waals surface area contributed by atoms with Gasteiger partial charge in [-0.05, 0) is 48.9 Å². The maximum Gasteiger partial charge on any atom is 0.253 e. The molecule has 0 fully saturated rings. The van der Waals surface area contributed by atoms with Gasteiger partial charge in [-0.1, -0.05) is 28.1 Å². The van der Waals surface area contributed by atoms with Gasteiger partial charge < -0.3 is 15.4 Å². The molecule has 0 atom stereocenters. The van der Waals surface area contributed by atoms with Crippen LogP contribution in [0.3, 0.4) is 0 Å². The van der Waals surface area contributed by atoms with Crippen LogP contribution in [0.1, 0.15) is 22.8 Å². The molecule has 6 heteroatoms. The van der Waals surface area contributed by atoms with Crippen LogP contribution in [0.2, 0.25) is 0 Å². The van der Waals surface area contributed by atoms with Crippen LogP contribution in [-0.4, -0.2) is 30.5 Å². The van der Waals surface area contributed by atoms with E-state index in [2.05, 4.69) is 15.9 Å². The van der Waals surface area contributed by atoms with Gasteiger partial charge in [0.05, 0.1) is 6.54 Å². The van der Waals surface area contributed by atoms with E-state index in [-0.39, 0.29) is 18.3 Å². The summed E-state index contributed by atoms with van der Waals surface area (Å²) in [5.41, 5.74) is 7.27. The smallest absolute Gasteiger partial charge is 0.253 e. The molecule has 130 valence electrons. The number of halogens is 2. The predicted octanol–water partition coefficient (Wildman–Crippen LogP) is 3.87. The van der Waals surface area contributed by atoms with Crippen molar-refractivity contribution in [1.82, 2.24) is 4.90 Å². The highest BCUT2D eigenvalue weighted by atomic mass is 79.9. The third kappa shape index (κ3) is 5.82. The molecule has 0 saturated heterocycles. The van der Waals surface area contributed by atoms with Gasteiger partial charge in [-0.3, -0.25) is 4.79 Å². The van der Waals surface area contributed by atoms with Crippen LogP contribution in [0.15, 0.2) is 53.0 Å². The van der Waals surface area contributed by atoms with Gasteiger partial charge >= 0.3 is 0 Å². The number of amides is 1. The lowest BCUT2D eigenvalue weighted by Crippen LogP contribution is -2.34. The first-order valence-corrected chi connectivity index (χ1v) is 8.40. The Kier molecular flexibility index (Phi) is 8.82. The van der Waals surface area contributed by atoms with Crippen molar-refractivity contribution < 1.29 is 9.53 Å². The molecule has 0 bridgehead atoms. The van der Waals surface area contributed by atoms with E-state index < -0.39 is 0 Å². The average molecular weight is 414 g/mol. The summed E-state index contributed by atoms with van der Waals surface area (Å²) in [5.74, 6) is 0.805. The summed E-state index contributed by atoms with van der Waals surface area (Å²) >= 11 is 3.39. The van der Waals surface area contributed by atoms with Crippen molar-refractivity contribution in [3.63, 3.8) is 0 Å². The van der Waals surface area contributed by atoms with Gasteiger partial charge in [0, 0.05) is 23.1 Å². The lowest BCUT2D eigenvalue weighted by atomic mass is 10.1. The molecule has 0 saturated carbocycles. The first kappa shape index (κ1) is 20.5. The SMILES string of the molecule is CCN(CCOc1ccc(Br)cc1)C(=O)c1ccc(CN)cc1.Cl. The molecule has 0 radical (unpaired) electrons. The summed E-state index contributed by atoms with van der Waals surface area (Å²) in [5, 5.41) is 0. The van der Waals surface area contributed by atoms with Gasteiger partial charge in [-0.25, -0.2) is 0 Å². The number of rotatable bonds is 7. The Morgan fingerprint density at radius 3 is 2.29 bits per heavy atom. The molecular formula is C18H22BrClN2O2. The molecule has 0 heterocycles. The van der Waals surface area contributed by atoms with Crippen molar-refractivity contribution in [2.75, 3.05) is 19.7 Å². The van der Waals surface area contributed by atoms with Crippen molar-refractivity contribution >= 4 is 34.2 Å². The van der Waals surface area contributed by atoms with Gasteiger partial charge in [-0.2, -0.15) is 0 Å². The van der Waals surface area contributed by atoms with Crippen LogP contribution < -0.4 is 10.5 Å². The molecule has 0 aliphatic heterocycles. The molecule has 2 N–H and O–H groups in total. The summed E-state index contributed by atoms with van der Waals surface area (Å²) in [6, 6.07) is 15.1. The van der Waals surface area contributed by atoms with Gasteiger partial charge in [0.2, 0.25) is 0 Å². The Morgan fingerprint density at radius 1 is 1.12 bits per heavy atom. The van der Waals surface area contributed by atoms with Gasteiger partial charge in [-0.15, -0.1) is 12.4 Å². The fourth-order valence-electron chi connectivity index (χ4n) is 2.17. The normalized spacial score (nSPS) is 9.96. The third-order valence-corrected chi connectivity index (χ3v) is 4.08. The minimum atomic E-state index is 0. The molecule has 0 aliphatic rings. The van der Waals surface area contributed by atoms with Gasteiger partial charge in [0.25, 0.3) is 5.91 Å². The largest absolute Gasteiger partial charge is 0.492 e. The molecular weight excluding hydrogens is 392 g/mol. The first-order valence-electron chi connectivity index (χ1n) is 7.60. The van der Waals surface area contributed by atoms with Crippen LogP contribution in [0, 0.1) is 0 Å². The number of nitrogens with zero attached hydrogens (tertiary/aromatic N) is 1. The number of hydrogen-bond acceptors (Lipinski definition) is 3. The van der Waals surface area contributed by atoms with Crippen LogP contribution in [0.4, 0.5) is 0 Å². The quantitative estimate of drug-likeness (QED) is 0.749. The second-order valence-corrected chi connectivity index (χ2v) is 6.00. The zero-order valence-corrected chi connectivity index (χ0v) is 16.0. The summed E-state index contributed by atoms with van der Waals surface area (Å²) < 4.78 is 6.69. The fraction of sp³-hybridized carbons (Fsp3) is 0.278. The van der Waals surface area contributed by atoms with Crippen LogP contribution in [0.5, 0.6) is 5.75 Å². The zero-order chi connectivity index (χ0) is 16.7. The maximum absolute atomic E-state index is 12.5. The van der Waals surface area contributed by atoms with Gasteiger partial charge in [0.1, 0.15) is 12.4 Å². The predicted molar refractivity (Wildman–Crippen MR) is 103 cm³/mol. The number of benzene rings is 2. The maximum atomic E-state index is 12.5. The second kappa shape index (κ2) is 10.3. The molecule has 2 aromatic rings. The standard InChI is InChI=1S/C18H21BrN2O2.ClH/c1-2-21(11-12-23-17-9-7-16(19)8-10-17)18(22)15-5-3-14(13-20)4-6-15;/h3-10H,2,11-13,20H2,1H3;1H. The molecule has 24 heavy (non-hydrogen) atoms. The molecule has 0 spiro atoms. The highest BCUT2D eigenvalue weighted by Crippen LogP contribution is 2.16. The van der Waals surface area contributed by atoms with Crippen LogP contribution >= 0.6 is 28.3 Å². The van der Waals surface area contributed by atoms with E-state index in [0.29, 0.717) is 31.8 Å². The zero-order valence-electron chi connectivity index (χ0n) is 13.6. The summed E-state index contributed by atoms with van der Waals surface area (Å²) in [6.07, 6.45) is 0. The minimum Gasteiger partial charge on any atom is -0.492 e. The van der Waals surface area contributed by atoms with Crippen molar-refractivity contribution in [1.29, 1.82) is 0 Å². The number of ether oxygens (including phenoxy) is 1. The number of hydrogen-bond donors (Lipinski definition) is 1. The topological polar surface area (TPSA) is 55.6 Å². The molecule has 2 rings (SSSR count). The van der Waals surface area contributed by atoms with E-state index in [1.807, 2.05) is 55.5 Å². The Bertz CT molecular complexity index is 632. The van der Waals surface area contributed by atoms with Crippen molar-refractivity contribution in [2.45, 2.75) is 13.5 Å². The molecule has 0 aromatic heterocycles. The van der Waals surface area contributed by atoms with E-state index >= 15 is 0 Å². The van der Waals surface area contributed by atoms with Crippen molar-refractivity contribution in [3.05, 3.63) is 64.1 Å². The van der Waals surface area contributed by atoms with Crippen LogP contribution in [-0.2, 0) is 6.54 Å². The number of nitrogens with two attached hydrogens (primary N) is 1. The molecule has 0 unspecified atom stereocenters. The summed E-state index contributed by atoms with van der Waals surface area (Å²) in [4.78, 5) is 14.3. The number of likely N-dealkylation sites (N-methyl/N-ethyl adjacent to an activating group) is 1. The Hall–Kier alpha value is -1.56. The van der Waals surface area contributed by atoms with Crippen molar-refractivity contribution in [2.24, 2.45) is 5.73 Å². The van der Waals surface area contributed by atoms with E-state index in [9.17, 15) is 4.79 Å². The Labute approximate surface area is 157 Å². The van der Waals surface area contributed by atoms with E-state index in [4.69, 9.17) is 10.5 Å². The fourth-order valence-corrected chi connectivity index (χ4v) is 2.44. The third-order valence-electron chi connectivity index (χ3n) is 3.55. The summed E-state index contributed by atoms with van der Waals surface area (Å²) in [7, 11) is 0. The minimum absolute atomic E-state index is 0. The molecule has 4 nitrogen and oxygen atoms in total. The summed E-state index contributed by atoms with van der Waals surface area (Å²) in [6.45, 7) is 4.09. The molecule has 0 aliphatic carbocycles. The first-order chi connectivity index (χ1) is 11.1. The highest BCUT2D eigenvalue weighted by Gasteiger charge is 2.13. The number of carbonyl (C=O) groups is 1. The highest BCUT2D eigenvalue weighted by molar-refractivity contribution is 9.10.